The third-order valence-corrected chi connectivity index (χ3v) is 6.15. The SMILES string of the molecule is O=C(NCc1ccccc1)c1ccc(N2C(=O)[C@@H]3[C@H](C2=O)[C@@H]2C=C[C@@H]3C2)cc1. The molecule has 2 aromatic rings. The van der Waals surface area contributed by atoms with E-state index in [1.165, 1.54) is 4.90 Å². The molecular weight excluding hydrogens is 352 g/mol. The van der Waals surface area contributed by atoms with Crippen molar-refractivity contribution in [2.75, 3.05) is 4.90 Å². The fraction of sp³-hybridized carbons (Fsp3) is 0.261. The summed E-state index contributed by atoms with van der Waals surface area (Å²) < 4.78 is 0. The fourth-order valence-electron chi connectivity index (χ4n) is 4.80. The Kier molecular flexibility index (Phi) is 3.90. The molecule has 4 atom stereocenters. The molecule has 0 radical (unpaired) electrons. The highest BCUT2D eigenvalue weighted by atomic mass is 16.2. The van der Waals surface area contributed by atoms with Gasteiger partial charge in [0.2, 0.25) is 11.8 Å². The van der Waals surface area contributed by atoms with Crippen molar-refractivity contribution in [3.63, 3.8) is 0 Å². The van der Waals surface area contributed by atoms with Crippen LogP contribution >= 0.6 is 0 Å². The number of nitrogens with one attached hydrogen (secondary N) is 1. The maximum Gasteiger partial charge on any atom is 0.251 e. The first kappa shape index (κ1) is 16.9. The van der Waals surface area contributed by atoms with Gasteiger partial charge in [0.1, 0.15) is 0 Å². The van der Waals surface area contributed by atoms with Crippen LogP contribution in [0.3, 0.4) is 0 Å². The molecule has 1 heterocycles. The third kappa shape index (κ3) is 2.58. The highest BCUT2D eigenvalue weighted by Gasteiger charge is 2.59. The minimum Gasteiger partial charge on any atom is -0.348 e. The van der Waals surface area contributed by atoms with Crippen molar-refractivity contribution >= 4 is 23.4 Å². The lowest BCUT2D eigenvalue weighted by Gasteiger charge is -2.17. The van der Waals surface area contributed by atoms with Crippen LogP contribution in [0.15, 0.2) is 66.7 Å². The van der Waals surface area contributed by atoms with E-state index < -0.39 is 0 Å². The Morgan fingerprint density at radius 2 is 1.50 bits per heavy atom. The Bertz CT molecular complexity index is 951. The zero-order valence-corrected chi connectivity index (χ0v) is 15.2. The molecule has 0 unspecified atom stereocenters. The van der Waals surface area contributed by atoms with Gasteiger partial charge in [0.05, 0.1) is 17.5 Å². The summed E-state index contributed by atoms with van der Waals surface area (Å²) in [6, 6.07) is 16.4. The van der Waals surface area contributed by atoms with Gasteiger partial charge in [-0.25, -0.2) is 0 Å². The first-order chi connectivity index (χ1) is 13.6. The minimum atomic E-state index is -0.212. The van der Waals surface area contributed by atoms with E-state index >= 15 is 0 Å². The number of carbonyl (C=O) groups excluding carboxylic acids is 3. The van der Waals surface area contributed by atoms with Crippen LogP contribution in [0.2, 0.25) is 0 Å². The molecule has 5 nitrogen and oxygen atoms in total. The van der Waals surface area contributed by atoms with Crippen LogP contribution in [-0.4, -0.2) is 17.7 Å². The van der Waals surface area contributed by atoms with E-state index in [1.807, 2.05) is 30.3 Å². The molecule has 5 heteroatoms. The summed E-state index contributed by atoms with van der Waals surface area (Å²) in [6.07, 6.45) is 5.09. The number of carbonyl (C=O) groups is 3. The molecule has 3 aliphatic rings. The summed E-state index contributed by atoms with van der Waals surface area (Å²) in [4.78, 5) is 39.4. The molecule has 1 N–H and O–H groups in total. The van der Waals surface area contributed by atoms with Gasteiger partial charge in [0.25, 0.3) is 5.91 Å². The molecule has 2 aliphatic carbocycles. The van der Waals surface area contributed by atoms with Crippen LogP contribution in [0.25, 0.3) is 0 Å². The van der Waals surface area contributed by atoms with Crippen molar-refractivity contribution in [3.8, 4) is 0 Å². The fourth-order valence-corrected chi connectivity index (χ4v) is 4.80. The lowest BCUT2D eigenvalue weighted by atomic mass is 9.85. The number of hydrogen-bond acceptors (Lipinski definition) is 3. The molecule has 0 spiro atoms. The van der Waals surface area contributed by atoms with E-state index in [-0.39, 0.29) is 41.4 Å². The van der Waals surface area contributed by atoms with E-state index in [1.54, 1.807) is 24.3 Å². The van der Waals surface area contributed by atoms with Crippen molar-refractivity contribution in [1.29, 1.82) is 0 Å². The van der Waals surface area contributed by atoms with E-state index in [0.717, 1.165) is 12.0 Å². The summed E-state index contributed by atoms with van der Waals surface area (Å²) in [5, 5.41) is 2.88. The van der Waals surface area contributed by atoms with E-state index in [0.29, 0.717) is 17.8 Å². The highest BCUT2D eigenvalue weighted by molar-refractivity contribution is 6.22. The molecule has 3 amide bonds. The second-order valence-corrected chi connectivity index (χ2v) is 7.73. The topological polar surface area (TPSA) is 66.5 Å². The van der Waals surface area contributed by atoms with Gasteiger partial charge in [-0.3, -0.25) is 19.3 Å². The second-order valence-electron chi connectivity index (χ2n) is 7.73. The third-order valence-electron chi connectivity index (χ3n) is 6.15. The number of anilines is 1. The van der Waals surface area contributed by atoms with E-state index in [9.17, 15) is 14.4 Å². The Morgan fingerprint density at radius 3 is 2.11 bits per heavy atom. The van der Waals surface area contributed by atoms with Crippen LogP contribution < -0.4 is 10.2 Å². The number of allylic oxidation sites excluding steroid dienone is 2. The number of imide groups is 1. The largest absolute Gasteiger partial charge is 0.348 e. The Hall–Kier alpha value is -3.21. The smallest absolute Gasteiger partial charge is 0.251 e. The number of rotatable bonds is 4. The summed E-state index contributed by atoms with van der Waals surface area (Å²) in [5.41, 5.74) is 2.07. The minimum absolute atomic E-state index is 0.104. The van der Waals surface area contributed by atoms with Crippen molar-refractivity contribution in [2.45, 2.75) is 13.0 Å². The van der Waals surface area contributed by atoms with Crippen molar-refractivity contribution < 1.29 is 14.4 Å². The number of benzene rings is 2. The molecule has 2 fully saturated rings. The molecule has 5 rings (SSSR count). The summed E-state index contributed by atoms with van der Waals surface area (Å²) in [5.74, 6) is -0.429. The van der Waals surface area contributed by atoms with Crippen LogP contribution in [0, 0.1) is 23.7 Å². The molecule has 140 valence electrons. The van der Waals surface area contributed by atoms with Crippen molar-refractivity contribution in [1.82, 2.24) is 5.32 Å². The van der Waals surface area contributed by atoms with Crippen molar-refractivity contribution in [2.24, 2.45) is 23.7 Å². The monoisotopic (exact) mass is 372 g/mol. The van der Waals surface area contributed by atoms with Gasteiger partial charge < -0.3 is 5.32 Å². The zero-order chi connectivity index (χ0) is 19.3. The average Bonchev–Trinajstić information content (AvgIpc) is 3.41. The predicted molar refractivity (Wildman–Crippen MR) is 104 cm³/mol. The maximum absolute atomic E-state index is 12.9. The lowest BCUT2D eigenvalue weighted by molar-refractivity contribution is -0.123. The predicted octanol–water partition coefficient (Wildman–Crippen LogP) is 2.93. The van der Waals surface area contributed by atoms with Crippen LogP contribution in [0.5, 0.6) is 0 Å². The lowest BCUT2D eigenvalue weighted by Crippen LogP contribution is -2.32. The molecule has 0 aromatic heterocycles. The zero-order valence-electron chi connectivity index (χ0n) is 15.2. The van der Waals surface area contributed by atoms with Gasteiger partial charge in [0.15, 0.2) is 0 Å². The summed E-state index contributed by atoms with van der Waals surface area (Å²) in [6.45, 7) is 0.448. The number of nitrogens with zero attached hydrogens (tertiary/aromatic N) is 1. The summed E-state index contributed by atoms with van der Waals surface area (Å²) in [7, 11) is 0. The highest BCUT2D eigenvalue weighted by Crippen LogP contribution is 2.53. The Labute approximate surface area is 163 Å². The van der Waals surface area contributed by atoms with Gasteiger partial charge in [0, 0.05) is 12.1 Å². The standard InChI is InChI=1S/C23H20N2O3/c26-21(24-13-14-4-2-1-3-5-14)15-8-10-18(11-9-15)25-22(27)19-16-6-7-17(12-16)20(19)23(25)28/h1-11,16-17,19-20H,12-13H2,(H,24,26)/t16-,17-,19-,20+/m1/s1. The Balaban J connectivity index is 1.30. The van der Waals surface area contributed by atoms with Gasteiger partial charge in [-0.2, -0.15) is 0 Å². The molecule has 28 heavy (non-hydrogen) atoms. The molecule has 1 saturated heterocycles. The van der Waals surface area contributed by atoms with Crippen LogP contribution in [0.4, 0.5) is 5.69 Å². The Morgan fingerprint density at radius 1 is 0.893 bits per heavy atom. The average molecular weight is 372 g/mol. The molecule has 2 aromatic carbocycles. The van der Waals surface area contributed by atoms with Crippen LogP contribution in [-0.2, 0) is 16.1 Å². The van der Waals surface area contributed by atoms with Gasteiger partial charge in [-0.05, 0) is 48.1 Å². The molecule has 1 saturated carbocycles. The van der Waals surface area contributed by atoms with Crippen LogP contribution in [0.1, 0.15) is 22.3 Å². The number of fused-ring (bicyclic) bond motifs is 5. The molecule has 1 aliphatic heterocycles. The number of amides is 3. The molecular formula is C23H20N2O3. The van der Waals surface area contributed by atoms with Gasteiger partial charge >= 0.3 is 0 Å². The second kappa shape index (κ2) is 6.44. The first-order valence-corrected chi connectivity index (χ1v) is 9.62. The summed E-state index contributed by atoms with van der Waals surface area (Å²) >= 11 is 0. The van der Waals surface area contributed by atoms with Crippen molar-refractivity contribution in [3.05, 3.63) is 77.9 Å². The van der Waals surface area contributed by atoms with Gasteiger partial charge in [-0.15, -0.1) is 0 Å². The molecule has 2 bridgehead atoms. The first-order valence-electron chi connectivity index (χ1n) is 9.62. The quantitative estimate of drug-likeness (QED) is 0.663. The van der Waals surface area contributed by atoms with E-state index in [4.69, 9.17) is 0 Å². The normalized spacial score (nSPS) is 27.4. The number of hydrogen-bond donors (Lipinski definition) is 1. The van der Waals surface area contributed by atoms with E-state index in [2.05, 4.69) is 17.5 Å². The maximum atomic E-state index is 12.9. The van der Waals surface area contributed by atoms with Gasteiger partial charge in [-0.1, -0.05) is 42.5 Å².